The molecule has 8 heteroatoms. The molecule has 4 aliphatic rings. The maximum absolute atomic E-state index is 7.25. The molecule has 66 heavy (non-hydrogen) atoms. The average molecular weight is 919 g/mol. The summed E-state index contributed by atoms with van der Waals surface area (Å²) < 4.78 is 41.7. The van der Waals surface area contributed by atoms with E-state index < -0.39 is 16.8 Å². The molecular weight excluding hydrogens is 855 g/mol. The van der Waals surface area contributed by atoms with Gasteiger partial charge in [0.05, 0.1) is 26.5 Å². The summed E-state index contributed by atoms with van der Waals surface area (Å²) in [6.07, 6.45) is 19.0. The van der Waals surface area contributed by atoms with Crippen LogP contribution in [0.5, 0.6) is 34.5 Å². The van der Waals surface area contributed by atoms with Gasteiger partial charge in [-0.2, -0.15) is 0 Å². The predicted molar refractivity (Wildman–Crippen MR) is 271 cm³/mol. The van der Waals surface area contributed by atoms with E-state index >= 15 is 0 Å². The largest absolute Gasteiger partial charge is 0.496 e. The van der Waals surface area contributed by atoms with E-state index in [1.54, 1.807) is 14.2 Å². The van der Waals surface area contributed by atoms with Gasteiger partial charge < -0.3 is 27.6 Å². The summed E-state index contributed by atoms with van der Waals surface area (Å²) in [6.45, 7) is 4.31. The van der Waals surface area contributed by atoms with Crippen molar-refractivity contribution in [2.75, 3.05) is 14.2 Å². The first-order valence-electron chi connectivity index (χ1n) is 24.5. The van der Waals surface area contributed by atoms with Gasteiger partial charge in [-0.25, -0.2) is 0 Å². The number of hydrogen-bond donors (Lipinski definition) is 0. The van der Waals surface area contributed by atoms with E-state index in [2.05, 4.69) is 111 Å². The molecular formula is C58H64O6P2. The maximum atomic E-state index is 7.25. The minimum atomic E-state index is -1.54. The molecule has 0 radical (unpaired) electrons. The normalized spacial score (nSPS) is 15.3. The summed E-state index contributed by atoms with van der Waals surface area (Å²) in [5.74, 6) is 5.42. The fourth-order valence-corrected chi connectivity index (χ4v) is 14.0. The van der Waals surface area contributed by atoms with Crippen molar-refractivity contribution in [1.29, 1.82) is 0 Å². The van der Waals surface area contributed by atoms with E-state index in [1.807, 2.05) is 0 Å². The van der Waals surface area contributed by atoms with Crippen LogP contribution in [-0.4, -0.2) is 14.2 Å². The summed E-state index contributed by atoms with van der Waals surface area (Å²) in [7, 11) is 0.495. The Hall–Kier alpha value is -5.02. The minimum absolute atomic E-state index is 0.519. The van der Waals surface area contributed by atoms with Crippen LogP contribution in [0.4, 0.5) is 0 Å². The van der Waals surface area contributed by atoms with Crippen LogP contribution in [0, 0.1) is 13.8 Å². The zero-order valence-corrected chi connectivity index (χ0v) is 41.1. The molecule has 0 fully saturated rings. The highest BCUT2D eigenvalue weighted by Gasteiger charge is 2.31. The van der Waals surface area contributed by atoms with Gasteiger partial charge in [0.1, 0.15) is 34.5 Å². The Labute approximate surface area is 395 Å². The molecule has 0 N–H and O–H groups in total. The molecule has 0 atom stereocenters. The minimum Gasteiger partial charge on any atom is -0.496 e. The lowest BCUT2D eigenvalue weighted by molar-refractivity contribution is 0.408. The number of ether oxygens (including phenoxy) is 2. The Morgan fingerprint density at radius 2 is 0.652 bits per heavy atom. The molecule has 6 aromatic carbocycles. The SMILES string of the molecule is COc1cc(C)cc(-c2cc(C)cc(OC)c2CP(Oc2cccc3c2CCCC3)Oc2cccc3c2CCCC3)c1CP(Oc1cccc2c1CCCC2)Oc1cccc2c1CCCC2. The Kier molecular flexibility index (Phi) is 13.9. The van der Waals surface area contributed by atoms with E-state index in [4.69, 9.17) is 27.6 Å². The highest BCUT2D eigenvalue weighted by Crippen LogP contribution is 2.54. The fraction of sp³-hybridized carbons (Fsp3) is 0.379. The van der Waals surface area contributed by atoms with Gasteiger partial charge in [0.15, 0.2) is 0 Å². The van der Waals surface area contributed by atoms with Crippen LogP contribution >= 0.6 is 16.8 Å². The van der Waals surface area contributed by atoms with Crippen LogP contribution in [0.1, 0.15) is 118 Å². The van der Waals surface area contributed by atoms with Crippen LogP contribution in [0.3, 0.4) is 0 Å². The highest BCUT2D eigenvalue weighted by molar-refractivity contribution is 7.47. The van der Waals surface area contributed by atoms with Gasteiger partial charge in [-0.1, -0.05) is 60.7 Å². The maximum Gasteiger partial charge on any atom is 0.295 e. The number of hydrogen-bond acceptors (Lipinski definition) is 6. The first kappa shape index (κ1) is 44.8. The molecule has 6 nitrogen and oxygen atoms in total. The van der Waals surface area contributed by atoms with Gasteiger partial charge in [0.2, 0.25) is 0 Å². The topological polar surface area (TPSA) is 55.4 Å². The summed E-state index contributed by atoms with van der Waals surface area (Å²) in [5.41, 5.74) is 17.4. The molecule has 0 spiro atoms. The second kappa shape index (κ2) is 20.5. The lowest BCUT2D eigenvalue weighted by Gasteiger charge is -2.28. The molecule has 4 aliphatic carbocycles. The van der Waals surface area contributed by atoms with Crippen LogP contribution in [0.25, 0.3) is 11.1 Å². The third-order valence-electron chi connectivity index (χ3n) is 14.2. The highest BCUT2D eigenvalue weighted by atomic mass is 31.2. The first-order valence-corrected chi connectivity index (χ1v) is 27.2. The van der Waals surface area contributed by atoms with E-state index in [-0.39, 0.29) is 0 Å². The Balaban J connectivity index is 1.08. The molecule has 0 heterocycles. The van der Waals surface area contributed by atoms with Crippen molar-refractivity contribution in [2.24, 2.45) is 0 Å². The number of fused-ring (bicyclic) bond motifs is 4. The molecule has 0 aliphatic heterocycles. The molecule has 0 aromatic heterocycles. The van der Waals surface area contributed by atoms with Gasteiger partial charge >= 0.3 is 0 Å². The Morgan fingerprint density at radius 1 is 0.364 bits per heavy atom. The molecule has 0 saturated carbocycles. The third kappa shape index (κ3) is 9.70. The van der Waals surface area contributed by atoms with Crippen molar-refractivity contribution in [3.63, 3.8) is 0 Å². The quantitative estimate of drug-likeness (QED) is 0.0957. The Morgan fingerprint density at radius 3 is 0.939 bits per heavy atom. The lowest BCUT2D eigenvalue weighted by Crippen LogP contribution is -2.10. The van der Waals surface area contributed by atoms with E-state index in [0.717, 1.165) is 119 Å². The van der Waals surface area contributed by atoms with Crippen LogP contribution < -0.4 is 27.6 Å². The third-order valence-corrected chi connectivity index (χ3v) is 17.0. The van der Waals surface area contributed by atoms with Crippen molar-refractivity contribution < 1.29 is 27.6 Å². The van der Waals surface area contributed by atoms with Crippen LogP contribution in [0.15, 0.2) is 97.1 Å². The number of methoxy groups -OCH3 is 2. The van der Waals surface area contributed by atoms with Gasteiger partial charge in [-0.05, 0) is 220 Å². The molecule has 0 unspecified atom stereocenters. The first-order chi connectivity index (χ1) is 32.4. The zero-order chi connectivity index (χ0) is 45.0. The van der Waals surface area contributed by atoms with Crippen molar-refractivity contribution in [2.45, 2.75) is 129 Å². The van der Waals surface area contributed by atoms with Crippen molar-refractivity contribution in [3.05, 3.63) is 164 Å². The molecule has 0 bridgehead atoms. The monoisotopic (exact) mass is 918 g/mol. The average Bonchev–Trinajstić information content (AvgIpc) is 3.35. The smallest absolute Gasteiger partial charge is 0.295 e. The summed E-state index contributed by atoms with van der Waals surface area (Å²) in [5, 5.41) is 0. The zero-order valence-electron chi connectivity index (χ0n) is 39.3. The lowest BCUT2D eigenvalue weighted by atomic mass is 9.91. The van der Waals surface area contributed by atoms with Crippen molar-refractivity contribution in [1.82, 2.24) is 0 Å². The summed E-state index contributed by atoms with van der Waals surface area (Å²) in [4.78, 5) is 0. The van der Waals surface area contributed by atoms with Gasteiger partial charge in [0.25, 0.3) is 16.8 Å². The second-order valence-corrected chi connectivity index (χ2v) is 21.4. The molecule has 0 amide bonds. The molecule has 342 valence electrons. The Bertz CT molecular complexity index is 2400. The predicted octanol–water partition coefficient (Wildman–Crippen LogP) is 15.4. The summed E-state index contributed by atoms with van der Waals surface area (Å²) in [6, 6.07) is 35.2. The molecule has 10 rings (SSSR count). The standard InChI is InChI=1S/C58H64O6P2/c1-39-33-49(51(57(35-39)59-3)37-65(61-53-29-13-21-41-17-5-9-25-45(41)53)62-54-30-14-22-42-18-6-10-26-46(42)54)50-34-40(2)36-58(60-4)52(50)38-66(63-55-31-15-23-43-19-7-11-27-47(43)55)64-56-32-16-24-44-20-8-12-28-48(44)56/h13-16,21-24,29-36H,5-12,17-20,25-28,37-38H2,1-4H3. The van der Waals surface area contributed by atoms with Gasteiger partial charge in [0, 0.05) is 11.1 Å². The van der Waals surface area contributed by atoms with E-state index in [1.165, 1.54) is 95.9 Å². The molecule has 6 aromatic rings. The number of rotatable bonds is 15. The van der Waals surface area contributed by atoms with Gasteiger partial charge in [-0.15, -0.1) is 0 Å². The number of benzene rings is 6. The second-order valence-electron chi connectivity index (χ2n) is 18.7. The van der Waals surface area contributed by atoms with Crippen LogP contribution in [0.2, 0.25) is 0 Å². The fourth-order valence-electron chi connectivity index (χ4n) is 10.9. The summed E-state index contributed by atoms with van der Waals surface area (Å²) >= 11 is 0. The molecule has 0 saturated heterocycles. The van der Waals surface area contributed by atoms with E-state index in [0.29, 0.717) is 12.3 Å². The number of aryl methyl sites for hydroxylation is 6. The van der Waals surface area contributed by atoms with E-state index in [9.17, 15) is 0 Å². The van der Waals surface area contributed by atoms with Crippen molar-refractivity contribution in [3.8, 4) is 45.6 Å². The van der Waals surface area contributed by atoms with Crippen LogP contribution in [-0.2, 0) is 63.7 Å². The van der Waals surface area contributed by atoms with Crippen molar-refractivity contribution >= 4 is 16.8 Å². The van der Waals surface area contributed by atoms with Gasteiger partial charge in [-0.3, -0.25) is 0 Å².